The standard InChI is InChI=1S/C20H28FN6O5P/c1-20(21)15-13(10-29-33(28,32-15)31-12-6-3-2-4-7-12)30-18(20)27-11-23-14-16(26-8-5-9-26)24-19(22)25-17(14)27/h11-13,15,18H,2-10H2,1H3,(H2,22,24,25)/t13-,15-,18-,20-,33?/m1/s1. The molecule has 0 bridgehead atoms. The predicted octanol–water partition coefficient (Wildman–Crippen LogP) is 3.12. The fourth-order valence-electron chi connectivity index (χ4n) is 5.09. The first-order chi connectivity index (χ1) is 15.8. The minimum atomic E-state index is -3.91. The molecule has 3 aliphatic heterocycles. The summed E-state index contributed by atoms with van der Waals surface area (Å²) in [5, 5.41) is 0. The van der Waals surface area contributed by atoms with E-state index in [1.165, 1.54) is 17.8 Å². The molecule has 0 amide bonds. The van der Waals surface area contributed by atoms with Crippen molar-refractivity contribution in [1.82, 2.24) is 19.5 Å². The van der Waals surface area contributed by atoms with Gasteiger partial charge in [0.25, 0.3) is 0 Å². The Morgan fingerprint density at radius 2 is 2.03 bits per heavy atom. The van der Waals surface area contributed by atoms with E-state index in [4.69, 9.17) is 24.0 Å². The monoisotopic (exact) mass is 482 g/mol. The second-order valence-corrected chi connectivity index (χ2v) is 11.0. The Balaban J connectivity index is 1.28. The van der Waals surface area contributed by atoms with E-state index in [1.54, 1.807) is 0 Å². The van der Waals surface area contributed by atoms with Crippen LogP contribution in [0, 0.1) is 0 Å². The summed E-state index contributed by atoms with van der Waals surface area (Å²) in [6.45, 7) is 2.98. The Kier molecular flexibility index (Phi) is 5.15. The highest BCUT2D eigenvalue weighted by Gasteiger charge is 2.62. The van der Waals surface area contributed by atoms with E-state index >= 15 is 4.39 Å². The zero-order valence-corrected chi connectivity index (χ0v) is 19.3. The van der Waals surface area contributed by atoms with Crippen molar-refractivity contribution < 1.29 is 27.3 Å². The quantitative estimate of drug-likeness (QED) is 0.650. The highest BCUT2D eigenvalue weighted by atomic mass is 31.2. The Bertz CT molecular complexity index is 1100. The smallest absolute Gasteiger partial charge is 0.368 e. The summed E-state index contributed by atoms with van der Waals surface area (Å²) in [4.78, 5) is 15.1. The maximum atomic E-state index is 16.2. The van der Waals surface area contributed by atoms with Gasteiger partial charge in [0, 0.05) is 13.1 Å². The molecular formula is C20H28FN6O5P. The molecule has 6 rings (SSSR count). The van der Waals surface area contributed by atoms with Crippen LogP contribution in [-0.2, 0) is 22.9 Å². The summed E-state index contributed by atoms with van der Waals surface area (Å²) >= 11 is 0. The fourth-order valence-corrected chi connectivity index (χ4v) is 6.79. The largest absolute Gasteiger partial charge is 0.475 e. The van der Waals surface area contributed by atoms with Gasteiger partial charge in [0.15, 0.2) is 28.9 Å². The van der Waals surface area contributed by atoms with Gasteiger partial charge in [0.05, 0.1) is 19.0 Å². The number of anilines is 2. The summed E-state index contributed by atoms with van der Waals surface area (Å²) in [6, 6.07) is 0. The summed E-state index contributed by atoms with van der Waals surface area (Å²) in [6.07, 6.45) is 4.03. The molecule has 1 saturated carbocycles. The van der Waals surface area contributed by atoms with E-state index in [0.29, 0.717) is 17.0 Å². The number of phosphoric ester groups is 1. The maximum absolute atomic E-state index is 16.2. The van der Waals surface area contributed by atoms with Gasteiger partial charge in [-0.05, 0) is 26.2 Å². The first kappa shape index (κ1) is 21.7. The third-order valence-corrected chi connectivity index (χ3v) is 8.49. The van der Waals surface area contributed by atoms with Crippen LogP contribution in [0.15, 0.2) is 6.33 Å². The molecule has 11 nitrogen and oxygen atoms in total. The first-order valence-corrected chi connectivity index (χ1v) is 13.0. The van der Waals surface area contributed by atoms with Gasteiger partial charge in [-0.1, -0.05) is 19.3 Å². The van der Waals surface area contributed by atoms with E-state index in [1.807, 2.05) is 0 Å². The number of hydrogen-bond acceptors (Lipinski definition) is 10. The number of nitrogen functional groups attached to an aromatic ring is 1. The van der Waals surface area contributed by atoms with E-state index in [-0.39, 0.29) is 18.7 Å². The van der Waals surface area contributed by atoms with Crippen LogP contribution in [0.3, 0.4) is 0 Å². The number of fused-ring (bicyclic) bond motifs is 2. The van der Waals surface area contributed by atoms with E-state index < -0.39 is 31.9 Å². The summed E-state index contributed by atoms with van der Waals surface area (Å²) in [5.41, 5.74) is 4.81. The lowest BCUT2D eigenvalue weighted by molar-refractivity contribution is -0.0763. The molecule has 4 fully saturated rings. The molecule has 4 aliphatic rings. The van der Waals surface area contributed by atoms with E-state index in [0.717, 1.165) is 51.6 Å². The number of ether oxygens (including phenoxy) is 1. The summed E-state index contributed by atoms with van der Waals surface area (Å²) < 4.78 is 53.8. The number of nitrogens with zero attached hydrogens (tertiary/aromatic N) is 5. The highest BCUT2D eigenvalue weighted by Crippen LogP contribution is 2.61. The molecule has 13 heteroatoms. The molecule has 5 heterocycles. The van der Waals surface area contributed by atoms with E-state index in [2.05, 4.69) is 19.9 Å². The van der Waals surface area contributed by atoms with Gasteiger partial charge >= 0.3 is 7.82 Å². The zero-order valence-electron chi connectivity index (χ0n) is 18.4. The average molecular weight is 482 g/mol. The highest BCUT2D eigenvalue weighted by molar-refractivity contribution is 7.48. The predicted molar refractivity (Wildman–Crippen MR) is 116 cm³/mol. The lowest BCUT2D eigenvalue weighted by atomic mass is 9.98. The molecule has 180 valence electrons. The summed E-state index contributed by atoms with van der Waals surface area (Å²) in [7, 11) is -3.91. The van der Waals surface area contributed by atoms with Crippen molar-refractivity contribution >= 4 is 30.8 Å². The number of rotatable bonds is 4. The van der Waals surface area contributed by atoms with Crippen LogP contribution in [0.4, 0.5) is 16.2 Å². The van der Waals surface area contributed by atoms with Gasteiger partial charge in [-0.3, -0.25) is 18.1 Å². The molecule has 2 aromatic rings. The third kappa shape index (κ3) is 3.63. The van der Waals surface area contributed by atoms with Crippen molar-refractivity contribution in [3.05, 3.63) is 6.33 Å². The number of hydrogen-bond donors (Lipinski definition) is 1. The first-order valence-electron chi connectivity index (χ1n) is 11.5. The minimum absolute atomic E-state index is 0.0760. The minimum Gasteiger partial charge on any atom is -0.368 e. The molecule has 2 aromatic heterocycles. The van der Waals surface area contributed by atoms with Crippen LogP contribution in [0.25, 0.3) is 11.2 Å². The Morgan fingerprint density at radius 1 is 1.24 bits per heavy atom. The Labute approximate surface area is 190 Å². The van der Waals surface area contributed by atoms with Gasteiger partial charge in [0.1, 0.15) is 12.2 Å². The van der Waals surface area contributed by atoms with Gasteiger partial charge in [0.2, 0.25) is 5.95 Å². The second kappa shape index (κ2) is 7.84. The molecule has 1 unspecified atom stereocenters. The zero-order chi connectivity index (χ0) is 22.8. The van der Waals surface area contributed by atoms with Gasteiger partial charge in [-0.15, -0.1) is 0 Å². The van der Waals surface area contributed by atoms with Crippen LogP contribution in [0.1, 0.15) is 51.7 Å². The SMILES string of the molecule is C[C@@]1(F)[C@@H]2OP(=O)(OC3CCCCC3)OC[C@H]2O[C@H]1n1cnc2c(N3CCC3)nc(N)nc21. The van der Waals surface area contributed by atoms with Crippen LogP contribution in [-0.4, -0.2) is 63.2 Å². The number of phosphoric acid groups is 1. The van der Waals surface area contributed by atoms with Crippen LogP contribution < -0.4 is 10.6 Å². The molecule has 0 aromatic carbocycles. The number of nitrogens with two attached hydrogens (primary N) is 1. The molecule has 33 heavy (non-hydrogen) atoms. The number of aromatic nitrogens is 4. The summed E-state index contributed by atoms with van der Waals surface area (Å²) in [5.74, 6) is 0.704. The van der Waals surface area contributed by atoms with Crippen LogP contribution >= 0.6 is 7.82 Å². The molecule has 5 atom stereocenters. The van der Waals surface area contributed by atoms with Gasteiger partial charge < -0.3 is 15.4 Å². The Morgan fingerprint density at radius 3 is 2.76 bits per heavy atom. The van der Waals surface area contributed by atoms with Gasteiger partial charge in [-0.2, -0.15) is 9.97 Å². The van der Waals surface area contributed by atoms with Crippen LogP contribution in [0.2, 0.25) is 0 Å². The van der Waals surface area contributed by atoms with Gasteiger partial charge in [-0.25, -0.2) is 13.9 Å². The van der Waals surface area contributed by atoms with E-state index in [9.17, 15) is 4.57 Å². The lowest BCUT2D eigenvalue weighted by Crippen LogP contribution is -2.45. The maximum Gasteiger partial charge on any atom is 0.475 e. The number of alkyl halides is 1. The topological polar surface area (TPSA) is 127 Å². The van der Waals surface area contributed by atoms with Crippen molar-refractivity contribution in [2.75, 3.05) is 30.3 Å². The fraction of sp³-hybridized carbons (Fsp3) is 0.750. The molecule has 3 saturated heterocycles. The molecule has 2 N–H and O–H groups in total. The molecule has 0 spiro atoms. The molecule has 0 radical (unpaired) electrons. The normalized spacial score (nSPS) is 37.3. The number of imidazole rings is 1. The molecule has 1 aliphatic carbocycles. The van der Waals surface area contributed by atoms with Crippen molar-refractivity contribution in [3.63, 3.8) is 0 Å². The average Bonchev–Trinajstić information content (AvgIpc) is 3.25. The van der Waals surface area contributed by atoms with Crippen molar-refractivity contribution in [1.29, 1.82) is 0 Å². The lowest BCUT2D eigenvalue weighted by Gasteiger charge is -2.35. The number of halogens is 1. The van der Waals surface area contributed by atoms with Crippen molar-refractivity contribution in [2.45, 2.75) is 75.7 Å². The second-order valence-electron chi connectivity index (χ2n) is 9.38. The third-order valence-electron chi connectivity index (χ3n) is 6.98. The molecular weight excluding hydrogens is 454 g/mol. The van der Waals surface area contributed by atoms with Crippen molar-refractivity contribution in [2.24, 2.45) is 0 Å². The van der Waals surface area contributed by atoms with Crippen LogP contribution in [0.5, 0.6) is 0 Å². The Hall–Kier alpha value is -1.85. The van der Waals surface area contributed by atoms with Crippen molar-refractivity contribution in [3.8, 4) is 0 Å².